The zero-order chi connectivity index (χ0) is 15.3. The van der Waals surface area contributed by atoms with E-state index in [9.17, 15) is 8.42 Å². The molecule has 1 unspecified atom stereocenters. The maximum absolute atomic E-state index is 11.6. The zero-order valence-corrected chi connectivity index (χ0v) is 13.7. The van der Waals surface area contributed by atoms with Crippen LogP contribution in [0.5, 0.6) is 0 Å². The molecule has 1 aliphatic heterocycles. The van der Waals surface area contributed by atoms with Crippen LogP contribution < -0.4 is 0 Å². The van der Waals surface area contributed by atoms with Crippen molar-refractivity contribution in [3.63, 3.8) is 0 Å². The maximum Gasteiger partial charge on any atom is 0.152 e. The zero-order valence-electron chi connectivity index (χ0n) is 12.9. The van der Waals surface area contributed by atoms with E-state index in [1.54, 1.807) is 0 Å². The number of ether oxygens (including phenoxy) is 1. The first-order valence-electron chi connectivity index (χ1n) is 7.45. The average Bonchev–Trinajstić information content (AvgIpc) is 2.74. The Bertz CT molecular complexity index is 544. The second kappa shape index (κ2) is 6.90. The van der Waals surface area contributed by atoms with Crippen LogP contribution in [0.3, 0.4) is 0 Å². The minimum atomic E-state index is -2.84. The van der Waals surface area contributed by atoms with E-state index < -0.39 is 9.84 Å². The van der Waals surface area contributed by atoms with Crippen LogP contribution in [0.4, 0.5) is 0 Å². The predicted molar refractivity (Wildman–Crippen MR) is 85.0 cm³/mol. The highest BCUT2D eigenvalue weighted by molar-refractivity contribution is 7.91. The van der Waals surface area contributed by atoms with Gasteiger partial charge in [-0.05, 0) is 32.4 Å². The van der Waals surface area contributed by atoms with Crippen molar-refractivity contribution < 1.29 is 13.2 Å². The van der Waals surface area contributed by atoms with E-state index in [-0.39, 0.29) is 11.3 Å². The molecule has 0 N–H and O–H groups in total. The standard InChI is InChI=1S/C16H25NO3S/c1-16(9-12-21(18,19)14-16)17(2)10-6-11-20-13-15-7-4-3-5-8-15/h3-5,7-8H,6,9-14H2,1-2H3. The van der Waals surface area contributed by atoms with Gasteiger partial charge in [0.25, 0.3) is 0 Å². The lowest BCUT2D eigenvalue weighted by molar-refractivity contribution is 0.0946. The van der Waals surface area contributed by atoms with E-state index in [2.05, 4.69) is 17.0 Å². The van der Waals surface area contributed by atoms with E-state index in [4.69, 9.17) is 4.74 Å². The molecule has 0 aliphatic carbocycles. The van der Waals surface area contributed by atoms with Gasteiger partial charge in [0, 0.05) is 18.7 Å². The third-order valence-electron chi connectivity index (χ3n) is 4.30. The Morgan fingerprint density at radius 3 is 2.62 bits per heavy atom. The van der Waals surface area contributed by atoms with Gasteiger partial charge in [0.05, 0.1) is 18.1 Å². The van der Waals surface area contributed by atoms with Crippen molar-refractivity contribution in [1.29, 1.82) is 0 Å². The number of nitrogens with zero attached hydrogens (tertiary/aromatic N) is 1. The van der Waals surface area contributed by atoms with Crippen LogP contribution in [0.15, 0.2) is 30.3 Å². The molecule has 1 aliphatic rings. The Hall–Kier alpha value is -0.910. The lowest BCUT2D eigenvalue weighted by atomic mass is 10.00. The van der Waals surface area contributed by atoms with Gasteiger partial charge in [-0.15, -0.1) is 0 Å². The summed E-state index contributed by atoms with van der Waals surface area (Å²) in [5.41, 5.74) is 0.970. The number of rotatable bonds is 7. The van der Waals surface area contributed by atoms with Crippen LogP contribution in [0.25, 0.3) is 0 Å². The molecule has 1 aromatic rings. The Kier molecular flexibility index (Phi) is 5.41. The van der Waals surface area contributed by atoms with E-state index in [1.165, 1.54) is 5.56 Å². The third kappa shape index (κ3) is 4.80. The summed E-state index contributed by atoms with van der Waals surface area (Å²) in [7, 11) is -0.831. The molecule has 0 spiro atoms. The second-order valence-corrected chi connectivity index (χ2v) is 8.34. The summed E-state index contributed by atoms with van der Waals surface area (Å²) in [6.07, 6.45) is 1.65. The summed E-state index contributed by atoms with van der Waals surface area (Å²) in [4.78, 5) is 2.17. The van der Waals surface area contributed by atoms with Crippen molar-refractivity contribution in [2.75, 3.05) is 31.7 Å². The summed E-state index contributed by atoms with van der Waals surface area (Å²) in [6, 6.07) is 10.1. The van der Waals surface area contributed by atoms with E-state index >= 15 is 0 Å². The third-order valence-corrected chi connectivity index (χ3v) is 6.19. The van der Waals surface area contributed by atoms with Gasteiger partial charge in [0.15, 0.2) is 9.84 Å². The lowest BCUT2D eigenvalue weighted by Gasteiger charge is -2.34. The van der Waals surface area contributed by atoms with Crippen molar-refractivity contribution in [3.8, 4) is 0 Å². The predicted octanol–water partition coefficient (Wildman–Crippen LogP) is 2.10. The first kappa shape index (κ1) is 16.5. The summed E-state index contributed by atoms with van der Waals surface area (Å²) >= 11 is 0. The van der Waals surface area contributed by atoms with Crippen molar-refractivity contribution >= 4 is 9.84 Å². The molecular formula is C16H25NO3S. The van der Waals surface area contributed by atoms with Crippen molar-refractivity contribution in [2.45, 2.75) is 31.9 Å². The summed E-state index contributed by atoms with van der Waals surface area (Å²) in [5.74, 6) is 0.597. The van der Waals surface area contributed by atoms with E-state index in [0.717, 1.165) is 19.4 Å². The fourth-order valence-corrected chi connectivity index (χ4v) is 4.94. The molecule has 2 rings (SSSR count). The van der Waals surface area contributed by atoms with Crippen LogP contribution in [0, 0.1) is 0 Å². The van der Waals surface area contributed by atoms with Gasteiger partial charge >= 0.3 is 0 Å². The molecule has 0 bridgehead atoms. The molecule has 0 aromatic heterocycles. The molecule has 1 heterocycles. The van der Waals surface area contributed by atoms with Crippen molar-refractivity contribution in [1.82, 2.24) is 4.90 Å². The van der Waals surface area contributed by atoms with Crippen LogP contribution >= 0.6 is 0 Å². The van der Waals surface area contributed by atoms with Crippen molar-refractivity contribution in [3.05, 3.63) is 35.9 Å². The fourth-order valence-electron chi connectivity index (χ4n) is 2.73. The van der Waals surface area contributed by atoms with Gasteiger partial charge in [-0.2, -0.15) is 0 Å². The maximum atomic E-state index is 11.6. The molecule has 1 aromatic carbocycles. The highest BCUT2D eigenvalue weighted by atomic mass is 32.2. The van der Waals surface area contributed by atoms with Gasteiger partial charge < -0.3 is 4.74 Å². The Morgan fingerprint density at radius 1 is 1.29 bits per heavy atom. The molecule has 1 atom stereocenters. The molecule has 5 heteroatoms. The SMILES string of the molecule is CN(CCCOCc1ccccc1)C1(C)CCS(=O)(=O)C1. The largest absolute Gasteiger partial charge is 0.377 e. The molecule has 4 nitrogen and oxygen atoms in total. The highest BCUT2D eigenvalue weighted by Gasteiger charge is 2.40. The molecule has 0 saturated carbocycles. The minimum absolute atomic E-state index is 0.210. The van der Waals surface area contributed by atoms with Gasteiger partial charge in [-0.3, -0.25) is 4.90 Å². The van der Waals surface area contributed by atoms with E-state index in [0.29, 0.717) is 19.0 Å². The Balaban J connectivity index is 1.67. The second-order valence-electron chi connectivity index (χ2n) is 6.15. The molecule has 0 radical (unpaired) electrons. The summed E-state index contributed by atoms with van der Waals surface area (Å²) in [5, 5.41) is 0. The Morgan fingerprint density at radius 2 is 2.00 bits per heavy atom. The topological polar surface area (TPSA) is 46.6 Å². The molecule has 21 heavy (non-hydrogen) atoms. The smallest absolute Gasteiger partial charge is 0.152 e. The molecule has 0 amide bonds. The van der Waals surface area contributed by atoms with Gasteiger partial charge in [-0.1, -0.05) is 30.3 Å². The quantitative estimate of drug-likeness (QED) is 0.724. The van der Waals surface area contributed by atoms with Crippen LogP contribution in [0.1, 0.15) is 25.3 Å². The number of sulfone groups is 1. The monoisotopic (exact) mass is 311 g/mol. The summed E-state index contributed by atoms with van der Waals surface area (Å²) in [6.45, 7) is 4.24. The highest BCUT2D eigenvalue weighted by Crippen LogP contribution is 2.28. The molecule has 1 saturated heterocycles. The van der Waals surface area contributed by atoms with Gasteiger partial charge in [-0.25, -0.2) is 8.42 Å². The van der Waals surface area contributed by atoms with Crippen LogP contribution in [0.2, 0.25) is 0 Å². The lowest BCUT2D eigenvalue weighted by Crippen LogP contribution is -2.45. The number of hydrogen-bond donors (Lipinski definition) is 0. The molecule has 1 fully saturated rings. The number of benzene rings is 1. The van der Waals surface area contributed by atoms with Crippen LogP contribution in [-0.4, -0.2) is 50.6 Å². The number of hydrogen-bond acceptors (Lipinski definition) is 4. The van der Waals surface area contributed by atoms with Gasteiger partial charge in [0.1, 0.15) is 0 Å². The first-order valence-corrected chi connectivity index (χ1v) is 9.27. The van der Waals surface area contributed by atoms with Crippen LogP contribution in [-0.2, 0) is 21.2 Å². The van der Waals surface area contributed by atoms with Gasteiger partial charge in [0.2, 0.25) is 0 Å². The summed E-state index contributed by atoms with van der Waals surface area (Å²) < 4.78 is 28.9. The fraction of sp³-hybridized carbons (Fsp3) is 0.625. The van der Waals surface area contributed by atoms with E-state index in [1.807, 2.05) is 32.2 Å². The molecular weight excluding hydrogens is 286 g/mol. The van der Waals surface area contributed by atoms with Crippen molar-refractivity contribution in [2.24, 2.45) is 0 Å². The Labute approximate surface area is 128 Å². The average molecular weight is 311 g/mol. The normalized spacial score (nSPS) is 24.5. The minimum Gasteiger partial charge on any atom is -0.377 e. The first-order chi connectivity index (χ1) is 9.91. The molecule has 118 valence electrons.